The third-order valence-electron chi connectivity index (χ3n) is 1.87. The molecule has 0 nitrogen and oxygen atoms in total. The quantitative estimate of drug-likeness (QED) is 0.523. The van der Waals surface area contributed by atoms with E-state index in [1.807, 2.05) is 0 Å². The van der Waals surface area contributed by atoms with E-state index < -0.39 is 20.5 Å². The molecule has 0 amide bonds. The second-order valence-corrected chi connectivity index (χ2v) is 9.45. The molecule has 0 atom stereocenters. The van der Waals surface area contributed by atoms with Gasteiger partial charge in [0.25, 0.3) is 0 Å². The van der Waals surface area contributed by atoms with Gasteiger partial charge in [-0.1, -0.05) is 37.7 Å². The summed E-state index contributed by atoms with van der Waals surface area (Å²) in [6, 6.07) is 5.04. The van der Waals surface area contributed by atoms with Crippen molar-refractivity contribution < 1.29 is 12.9 Å². The summed E-state index contributed by atoms with van der Waals surface area (Å²) in [5.41, 5.74) is 3.18. The maximum atomic E-state index is 12.3. The first-order chi connectivity index (χ1) is 7.18. The average Bonchev–Trinajstić information content (AvgIpc) is 2.13. The van der Waals surface area contributed by atoms with E-state index in [9.17, 15) is 12.9 Å². The monoisotopic (exact) mass is 241 g/mol. The molecule has 0 aliphatic rings. The van der Waals surface area contributed by atoms with Gasteiger partial charge in [0.1, 0.15) is 8.07 Å². The number of hydrogen-bond acceptors (Lipinski definition) is 0. The van der Waals surface area contributed by atoms with Gasteiger partial charge in [-0.2, -0.15) is 0 Å². The van der Waals surface area contributed by atoms with Crippen LogP contribution in [0.5, 0.6) is 0 Å². The fourth-order valence-electron chi connectivity index (χ4n) is 1.04. The SMILES string of the molecule is C[Si](C)(C)C#Cc1ccc([B-](F)(F)F)cc1. The zero-order chi connectivity index (χ0) is 12.4. The van der Waals surface area contributed by atoms with Crippen molar-refractivity contribution in [3.63, 3.8) is 0 Å². The molecule has 1 aromatic rings. The number of rotatable bonds is 1. The third kappa shape index (κ3) is 4.15. The van der Waals surface area contributed by atoms with E-state index in [0.29, 0.717) is 5.56 Å². The maximum absolute atomic E-state index is 12.3. The van der Waals surface area contributed by atoms with Crippen molar-refractivity contribution in [1.82, 2.24) is 0 Å². The highest BCUT2D eigenvalue weighted by atomic mass is 28.3. The maximum Gasteiger partial charge on any atom is 0.509 e. The summed E-state index contributed by atoms with van der Waals surface area (Å²) in [7, 11) is -1.47. The lowest BCUT2D eigenvalue weighted by Crippen LogP contribution is -2.33. The molecule has 0 aliphatic carbocycles. The van der Waals surface area contributed by atoms with Crippen molar-refractivity contribution in [2.45, 2.75) is 19.6 Å². The Morgan fingerprint density at radius 2 is 1.50 bits per heavy atom. The van der Waals surface area contributed by atoms with Gasteiger partial charge in [-0.05, 0) is 12.1 Å². The van der Waals surface area contributed by atoms with E-state index in [-0.39, 0.29) is 0 Å². The van der Waals surface area contributed by atoms with Crippen molar-refractivity contribution >= 4 is 20.5 Å². The van der Waals surface area contributed by atoms with Crippen molar-refractivity contribution in [3.05, 3.63) is 29.8 Å². The fourth-order valence-corrected chi connectivity index (χ4v) is 1.56. The molecule has 0 saturated carbocycles. The van der Waals surface area contributed by atoms with Crippen LogP contribution in [0.25, 0.3) is 0 Å². The van der Waals surface area contributed by atoms with E-state index in [0.717, 1.165) is 12.1 Å². The average molecular weight is 241 g/mol. The molecular formula is C11H13BF3Si-. The molecule has 0 aliphatic heterocycles. The minimum atomic E-state index is -4.90. The molecular weight excluding hydrogens is 228 g/mol. The zero-order valence-electron chi connectivity index (χ0n) is 9.52. The highest BCUT2D eigenvalue weighted by molar-refractivity contribution is 6.83. The lowest BCUT2D eigenvalue weighted by Gasteiger charge is -2.14. The standard InChI is InChI=1S/C11H13BF3Si/c1-16(2,3)9-8-10-4-6-11(7-5-10)12(13,14)15/h4-7H,1-3H3/q-1. The van der Waals surface area contributed by atoms with E-state index >= 15 is 0 Å². The highest BCUT2D eigenvalue weighted by Crippen LogP contribution is 2.09. The van der Waals surface area contributed by atoms with Gasteiger partial charge in [0.2, 0.25) is 0 Å². The minimum Gasteiger partial charge on any atom is -0.445 e. The number of benzene rings is 1. The topological polar surface area (TPSA) is 0 Å². The summed E-state index contributed by atoms with van der Waals surface area (Å²) < 4.78 is 37.0. The first-order valence-electron chi connectivity index (χ1n) is 5.01. The van der Waals surface area contributed by atoms with Gasteiger partial charge in [0.15, 0.2) is 0 Å². The molecule has 0 N–H and O–H groups in total. The summed E-state index contributed by atoms with van der Waals surface area (Å²) in [6.07, 6.45) is 0. The van der Waals surface area contributed by atoms with Crippen LogP contribution in [0.15, 0.2) is 24.3 Å². The van der Waals surface area contributed by atoms with Gasteiger partial charge in [-0.15, -0.1) is 11.0 Å². The summed E-state index contributed by atoms with van der Waals surface area (Å²) in [4.78, 5) is 0. The molecule has 0 fully saturated rings. The molecule has 0 aromatic heterocycles. The van der Waals surface area contributed by atoms with Crippen molar-refractivity contribution in [2.24, 2.45) is 0 Å². The van der Waals surface area contributed by atoms with Gasteiger partial charge in [-0.3, -0.25) is 0 Å². The zero-order valence-corrected chi connectivity index (χ0v) is 10.5. The number of hydrogen-bond donors (Lipinski definition) is 0. The van der Waals surface area contributed by atoms with Gasteiger partial charge in [0.05, 0.1) is 0 Å². The van der Waals surface area contributed by atoms with Crippen molar-refractivity contribution in [2.75, 3.05) is 0 Å². The van der Waals surface area contributed by atoms with Crippen LogP contribution in [-0.2, 0) is 0 Å². The minimum absolute atomic E-state index is 0.571. The van der Waals surface area contributed by atoms with Crippen LogP contribution < -0.4 is 5.46 Å². The van der Waals surface area contributed by atoms with E-state index in [2.05, 4.69) is 31.1 Å². The molecule has 1 aromatic carbocycles. The lowest BCUT2D eigenvalue weighted by molar-refractivity contribution is 0.501. The molecule has 0 bridgehead atoms. The van der Waals surface area contributed by atoms with Crippen LogP contribution in [0.1, 0.15) is 5.56 Å². The van der Waals surface area contributed by atoms with Gasteiger partial charge >= 0.3 is 6.98 Å². The van der Waals surface area contributed by atoms with Crippen molar-refractivity contribution in [1.29, 1.82) is 0 Å². The summed E-state index contributed by atoms with van der Waals surface area (Å²) in [6.45, 7) is 1.38. The Balaban J connectivity index is 2.91. The first-order valence-corrected chi connectivity index (χ1v) is 8.51. The highest BCUT2D eigenvalue weighted by Gasteiger charge is 2.24. The smallest absolute Gasteiger partial charge is 0.445 e. The largest absolute Gasteiger partial charge is 0.509 e. The summed E-state index contributed by atoms with van der Waals surface area (Å²) in [5.74, 6) is 2.91. The molecule has 0 spiro atoms. The van der Waals surface area contributed by atoms with Gasteiger partial charge in [-0.25, -0.2) is 0 Å². The Morgan fingerprint density at radius 3 is 1.88 bits per heavy atom. The molecule has 0 radical (unpaired) electrons. The lowest BCUT2D eigenvalue weighted by atomic mass is 9.80. The van der Waals surface area contributed by atoms with E-state index in [1.165, 1.54) is 12.1 Å². The predicted octanol–water partition coefficient (Wildman–Crippen LogP) is 2.97. The summed E-state index contributed by atoms with van der Waals surface area (Å²) >= 11 is 0. The summed E-state index contributed by atoms with van der Waals surface area (Å²) in [5, 5.41) is 0. The van der Waals surface area contributed by atoms with Gasteiger partial charge in [0, 0.05) is 5.56 Å². The van der Waals surface area contributed by atoms with Crippen molar-refractivity contribution in [3.8, 4) is 11.5 Å². The van der Waals surface area contributed by atoms with Crippen LogP contribution in [0, 0.1) is 11.5 Å². The normalized spacial score (nSPS) is 11.9. The Labute approximate surface area is 94.9 Å². The molecule has 86 valence electrons. The Hall–Kier alpha value is -1.15. The molecule has 5 heteroatoms. The molecule has 0 unspecified atom stereocenters. The van der Waals surface area contributed by atoms with Crippen LogP contribution >= 0.6 is 0 Å². The Kier molecular flexibility index (Phi) is 3.54. The molecule has 0 heterocycles. The number of halogens is 3. The van der Waals surface area contributed by atoms with Crippen LogP contribution in [-0.4, -0.2) is 15.1 Å². The van der Waals surface area contributed by atoms with E-state index in [1.54, 1.807) is 0 Å². The van der Waals surface area contributed by atoms with Crippen LogP contribution in [0.2, 0.25) is 19.6 Å². The Bertz CT molecular complexity index is 418. The predicted molar refractivity (Wildman–Crippen MR) is 65.4 cm³/mol. The fraction of sp³-hybridized carbons (Fsp3) is 0.273. The third-order valence-corrected chi connectivity index (χ3v) is 2.75. The first kappa shape index (κ1) is 12.9. The molecule has 0 saturated heterocycles. The van der Waals surface area contributed by atoms with E-state index in [4.69, 9.17) is 0 Å². The molecule has 1 rings (SSSR count). The van der Waals surface area contributed by atoms with Crippen LogP contribution in [0.4, 0.5) is 12.9 Å². The van der Waals surface area contributed by atoms with Gasteiger partial charge < -0.3 is 12.9 Å². The Morgan fingerprint density at radius 1 is 1.00 bits per heavy atom. The second-order valence-electron chi connectivity index (χ2n) is 4.70. The molecule has 16 heavy (non-hydrogen) atoms. The second kappa shape index (κ2) is 4.38. The van der Waals surface area contributed by atoms with Crippen LogP contribution in [0.3, 0.4) is 0 Å².